The summed E-state index contributed by atoms with van der Waals surface area (Å²) in [5.41, 5.74) is 1.76. The first-order valence-electron chi connectivity index (χ1n) is 5.18. The van der Waals surface area contributed by atoms with E-state index in [0.29, 0.717) is 0 Å². The average Bonchev–Trinajstić information content (AvgIpc) is 2.39. The van der Waals surface area contributed by atoms with Gasteiger partial charge in [-0.05, 0) is 23.3 Å². The van der Waals surface area contributed by atoms with Crippen LogP contribution in [0.15, 0.2) is 54.6 Å². The standard InChI is InChI=1S/C14H14O2/c1-16-13-9-7-12(8-10-13)14(15)11-5-3-2-4-6-11/h2-10,14-15H,1H3/t14-/m0/s1. The second-order valence-corrected chi connectivity index (χ2v) is 3.59. The van der Waals surface area contributed by atoms with E-state index >= 15 is 0 Å². The maximum Gasteiger partial charge on any atom is 0.118 e. The number of aliphatic hydroxyl groups is 1. The van der Waals surface area contributed by atoms with Crippen LogP contribution in [-0.2, 0) is 0 Å². The molecule has 16 heavy (non-hydrogen) atoms. The van der Waals surface area contributed by atoms with Gasteiger partial charge in [-0.2, -0.15) is 0 Å². The van der Waals surface area contributed by atoms with Crippen molar-refractivity contribution in [2.75, 3.05) is 7.11 Å². The number of hydrogen-bond acceptors (Lipinski definition) is 2. The van der Waals surface area contributed by atoms with Crippen LogP contribution in [0.1, 0.15) is 17.2 Å². The summed E-state index contributed by atoms with van der Waals surface area (Å²) in [5.74, 6) is 0.795. The van der Waals surface area contributed by atoms with Crippen LogP contribution >= 0.6 is 0 Å². The molecule has 0 saturated heterocycles. The van der Waals surface area contributed by atoms with E-state index < -0.39 is 6.10 Å². The molecule has 2 nitrogen and oxygen atoms in total. The maximum atomic E-state index is 10.1. The van der Waals surface area contributed by atoms with E-state index in [1.807, 2.05) is 54.6 Å². The molecular weight excluding hydrogens is 200 g/mol. The predicted octanol–water partition coefficient (Wildman–Crippen LogP) is 2.78. The van der Waals surface area contributed by atoms with Crippen LogP contribution in [0.3, 0.4) is 0 Å². The summed E-state index contributed by atoms with van der Waals surface area (Å²) in [7, 11) is 1.63. The molecule has 0 radical (unpaired) electrons. The molecule has 0 heterocycles. The number of ether oxygens (including phenoxy) is 1. The molecule has 0 aromatic heterocycles. The smallest absolute Gasteiger partial charge is 0.118 e. The largest absolute Gasteiger partial charge is 0.497 e. The molecule has 2 aromatic carbocycles. The van der Waals surface area contributed by atoms with Crippen molar-refractivity contribution in [2.45, 2.75) is 6.10 Å². The van der Waals surface area contributed by atoms with Crippen LogP contribution in [0.2, 0.25) is 0 Å². The van der Waals surface area contributed by atoms with E-state index in [-0.39, 0.29) is 0 Å². The summed E-state index contributed by atoms with van der Waals surface area (Å²) in [6, 6.07) is 17.0. The Hall–Kier alpha value is -1.80. The van der Waals surface area contributed by atoms with Crippen molar-refractivity contribution >= 4 is 0 Å². The molecule has 2 aromatic rings. The van der Waals surface area contributed by atoms with Crippen LogP contribution in [-0.4, -0.2) is 12.2 Å². The van der Waals surface area contributed by atoms with Crippen molar-refractivity contribution in [1.29, 1.82) is 0 Å². The number of methoxy groups -OCH3 is 1. The van der Waals surface area contributed by atoms with Gasteiger partial charge >= 0.3 is 0 Å². The Morgan fingerprint density at radius 1 is 0.875 bits per heavy atom. The Bertz CT molecular complexity index is 434. The van der Waals surface area contributed by atoms with E-state index in [1.165, 1.54) is 0 Å². The van der Waals surface area contributed by atoms with E-state index in [1.54, 1.807) is 7.11 Å². The molecule has 0 saturated carbocycles. The highest BCUT2D eigenvalue weighted by atomic mass is 16.5. The monoisotopic (exact) mass is 214 g/mol. The van der Waals surface area contributed by atoms with Gasteiger partial charge in [0, 0.05) is 0 Å². The van der Waals surface area contributed by atoms with Crippen LogP contribution in [0.25, 0.3) is 0 Å². The summed E-state index contributed by atoms with van der Waals surface area (Å²) in [6.07, 6.45) is -0.577. The van der Waals surface area contributed by atoms with E-state index in [2.05, 4.69) is 0 Å². The fourth-order valence-corrected chi connectivity index (χ4v) is 1.61. The van der Waals surface area contributed by atoms with Crippen molar-refractivity contribution in [3.63, 3.8) is 0 Å². The van der Waals surface area contributed by atoms with E-state index in [9.17, 15) is 5.11 Å². The molecular formula is C14H14O2. The molecule has 1 atom stereocenters. The third-order valence-electron chi connectivity index (χ3n) is 2.55. The van der Waals surface area contributed by atoms with Gasteiger partial charge in [0.1, 0.15) is 11.9 Å². The summed E-state index contributed by atoms with van der Waals surface area (Å²) < 4.78 is 5.07. The Morgan fingerprint density at radius 2 is 1.44 bits per heavy atom. The zero-order valence-electron chi connectivity index (χ0n) is 9.13. The highest BCUT2D eigenvalue weighted by Gasteiger charge is 2.09. The van der Waals surface area contributed by atoms with Gasteiger partial charge in [-0.15, -0.1) is 0 Å². The quantitative estimate of drug-likeness (QED) is 0.851. The third-order valence-corrected chi connectivity index (χ3v) is 2.55. The average molecular weight is 214 g/mol. The lowest BCUT2D eigenvalue weighted by atomic mass is 10.0. The number of hydrogen-bond donors (Lipinski definition) is 1. The summed E-state index contributed by atoms with van der Waals surface area (Å²) in [4.78, 5) is 0. The molecule has 0 bridgehead atoms. The molecule has 0 amide bonds. The van der Waals surface area contributed by atoms with Gasteiger partial charge in [-0.3, -0.25) is 0 Å². The second-order valence-electron chi connectivity index (χ2n) is 3.59. The van der Waals surface area contributed by atoms with E-state index in [4.69, 9.17) is 4.74 Å². The van der Waals surface area contributed by atoms with Crippen LogP contribution in [0, 0.1) is 0 Å². The maximum absolute atomic E-state index is 10.1. The van der Waals surface area contributed by atoms with E-state index in [0.717, 1.165) is 16.9 Å². The van der Waals surface area contributed by atoms with Gasteiger partial charge in [-0.1, -0.05) is 42.5 Å². The molecule has 82 valence electrons. The Labute approximate surface area is 95.1 Å². The van der Waals surface area contributed by atoms with Crippen molar-refractivity contribution in [3.05, 3.63) is 65.7 Å². The first-order chi connectivity index (χ1) is 7.81. The second kappa shape index (κ2) is 4.81. The number of aliphatic hydroxyl groups excluding tert-OH is 1. The minimum atomic E-state index is -0.577. The van der Waals surface area contributed by atoms with Crippen molar-refractivity contribution in [3.8, 4) is 5.75 Å². The fourth-order valence-electron chi connectivity index (χ4n) is 1.61. The van der Waals surface area contributed by atoms with Crippen LogP contribution in [0.4, 0.5) is 0 Å². The summed E-state index contributed by atoms with van der Waals surface area (Å²) in [6.45, 7) is 0. The summed E-state index contributed by atoms with van der Waals surface area (Å²) >= 11 is 0. The SMILES string of the molecule is COc1ccc([C@@H](O)c2ccccc2)cc1. The van der Waals surface area contributed by atoms with Gasteiger partial charge in [0.15, 0.2) is 0 Å². The Kier molecular flexibility index (Phi) is 3.22. The first kappa shape index (κ1) is 10.7. The van der Waals surface area contributed by atoms with Gasteiger partial charge < -0.3 is 9.84 Å². The third kappa shape index (κ3) is 2.23. The Morgan fingerprint density at radius 3 is 2.00 bits per heavy atom. The Balaban J connectivity index is 2.24. The van der Waals surface area contributed by atoms with Gasteiger partial charge in [0.25, 0.3) is 0 Å². The molecule has 0 unspecified atom stereocenters. The molecule has 0 aliphatic rings. The minimum absolute atomic E-state index is 0.577. The fraction of sp³-hybridized carbons (Fsp3) is 0.143. The van der Waals surface area contributed by atoms with Crippen molar-refractivity contribution in [1.82, 2.24) is 0 Å². The molecule has 2 heteroatoms. The van der Waals surface area contributed by atoms with Crippen LogP contribution in [0.5, 0.6) is 5.75 Å². The molecule has 0 spiro atoms. The normalized spacial score (nSPS) is 12.1. The first-order valence-corrected chi connectivity index (χ1v) is 5.18. The van der Waals surface area contributed by atoms with Crippen molar-refractivity contribution in [2.24, 2.45) is 0 Å². The molecule has 0 aliphatic heterocycles. The summed E-state index contributed by atoms with van der Waals surface area (Å²) in [5, 5.41) is 10.1. The zero-order valence-corrected chi connectivity index (χ0v) is 9.13. The lowest BCUT2D eigenvalue weighted by molar-refractivity contribution is 0.220. The highest BCUT2D eigenvalue weighted by molar-refractivity contribution is 5.33. The van der Waals surface area contributed by atoms with Gasteiger partial charge in [-0.25, -0.2) is 0 Å². The lowest BCUT2D eigenvalue weighted by Crippen LogP contribution is -1.98. The number of rotatable bonds is 3. The molecule has 0 aliphatic carbocycles. The van der Waals surface area contributed by atoms with Crippen LogP contribution < -0.4 is 4.74 Å². The predicted molar refractivity (Wildman–Crippen MR) is 63.5 cm³/mol. The van der Waals surface area contributed by atoms with Crippen molar-refractivity contribution < 1.29 is 9.84 Å². The topological polar surface area (TPSA) is 29.5 Å². The molecule has 0 fully saturated rings. The highest BCUT2D eigenvalue weighted by Crippen LogP contribution is 2.23. The molecule has 2 rings (SSSR count). The zero-order chi connectivity index (χ0) is 11.4. The molecule has 1 N–H and O–H groups in total. The lowest BCUT2D eigenvalue weighted by Gasteiger charge is -2.11. The van der Waals surface area contributed by atoms with Gasteiger partial charge in [0.2, 0.25) is 0 Å². The minimum Gasteiger partial charge on any atom is -0.497 e. The van der Waals surface area contributed by atoms with Gasteiger partial charge in [0.05, 0.1) is 7.11 Å². The number of benzene rings is 2.